The lowest BCUT2D eigenvalue weighted by Gasteiger charge is -2.22. The summed E-state index contributed by atoms with van der Waals surface area (Å²) in [5, 5.41) is 6.12. The summed E-state index contributed by atoms with van der Waals surface area (Å²) in [6.07, 6.45) is 2.58. The molecule has 7 nitrogen and oxygen atoms in total. The Kier molecular flexibility index (Phi) is 8.19. The molecule has 1 amide bonds. The van der Waals surface area contributed by atoms with E-state index in [-0.39, 0.29) is 5.91 Å². The van der Waals surface area contributed by atoms with Crippen LogP contribution in [0.15, 0.2) is 30.5 Å². The summed E-state index contributed by atoms with van der Waals surface area (Å²) in [4.78, 5) is 25.5. The summed E-state index contributed by atoms with van der Waals surface area (Å²) in [5.41, 5.74) is 3.32. The zero-order valence-electron chi connectivity index (χ0n) is 17.6. The molecule has 0 saturated carbocycles. The molecule has 0 radical (unpaired) electrons. The summed E-state index contributed by atoms with van der Waals surface area (Å²) < 4.78 is 0. The zero-order chi connectivity index (χ0) is 20.5. The van der Waals surface area contributed by atoms with Crippen LogP contribution in [0.3, 0.4) is 0 Å². The first-order chi connectivity index (χ1) is 13.4. The number of nitrogens with zero attached hydrogens (tertiary/aromatic N) is 4. The monoisotopic (exact) mass is 384 g/mol. The normalized spacial score (nSPS) is 10.8. The fraction of sp³-hybridized carbons (Fsp3) is 0.476. The molecule has 0 spiro atoms. The number of aryl methyl sites for hydroxylation is 1. The Bertz CT molecular complexity index is 773. The van der Waals surface area contributed by atoms with E-state index in [2.05, 4.69) is 50.3 Å². The average molecular weight is 385 g/mol. The van der Waals surface area contributed by atoms with Crippen molar-refractivity contribution in [3.8, 4) is 0 Å². The Morgan fingerprint density at radius 2 is 1.89 bits per heavy atom. The Morgan fingerprint density at radius 3 is 2.54 bits per heavy atom. The molecule has 28 heavy (non-hydrogen) atoms. The van der Waals surface area contributed by atoms with Crippen LogP contribution < -0.4 is 15.5 Å². The number of amides is 1. The van der Waals surface area contributed by atoms with Gasteiger partial charge in [-0.3, -0.25) is 4.79 Å². The number of hydrogen-bond donors (Lipinski definition) is 2. The van der Waals surface area contributed by atoms with E-state index < -0.39 is 0 Å². The molecule has 0 aliphatic rings. The van der Waals surface area contributed by atoms with Crippen LogP contribution in [0.4, 0.5) is 17.3 Å². The standard InChI is InChI=1S/C21H32N6O/c1-6-27(7-2)17-9-10-18(16(3)15-17)24-20(28)19-11-13-23-21(25-19)22-12-8-14-26(4)5/h9-11,13,15H,6-8,12,14H2,1-5H3,(H,24,28)(H,22,23,25). The molecule has 0 atom stereocenters. The van der Waals surface area contributed by atoms with Gasteiger partial charge < -0.3 is 20.4 Å². The quantitative estimate of drug-likeness (QED) is 0.613. The fourth-order valence-electron chi connectivity index (χ4n) is 2.93. The van der Waals surface area contributed by atoms with Gasteiger partial charge in [-0.25, -0.2) is 9.97 Å². The first-order valence-corrected chi connectivity index (χ1v) is 9.83. The minimum atomic E-state index is -0.238. The highest BCUT2D eigenvalue weighted by Crippen LogP contribution is 2.23. The summed E-state index contributed by atoms with van der Waals surface area (Å²) in [7, 11) is 4.08. The smallest absolute Gasteiger partial charge is 0.274 e. The lowest BCUT2D eigenvalue weighted by Crippen LogP contribution is -2.22. The van der Waals surface area contributed by atoms with Crippen molar-refractivity contribution in [1.29, 1.82) is 0 Å². The van der Waals surface area contributed by atoms with Gasteiger partial charge in [0.2, 0.25) is 5.95 Å². The Labute approximate surface area is 168 Å². The molecule has 0 aliphatic carbocycles. The summed E-state index contributed by atoms with van der Waals surface area (Å²) in [5.74, 6) is 0.234. The maximum absolute atomic E-state index is 12.6. The maximum atomic E-state index is 12.6. The summed E-state index contributed by atoms with van der Waals surface area (Å²) in [6.45, 7) is 9.91. The molecule has 152 valence electrons. The number of rotatable bonds is 10. The molecule has 1 heterocycles. The summed E-state index contributed by atoms with van der Waals surface area (Å²) in [6, 6.07) is 7.70. The Balaban J connectivity index is 2.01. The highest BCUT2D eigenvalue weighted by Gasteiger charge is 2.12. The van der Waals surface area contributed by atoms with Gasteiger partial charge in [-0.2, -0.15) is 0 Å². The van der Waals surface area contributed by atoms with Crippen molar-refractivity contribution in [3.05, 3.63) is 41.7 Å². The highest BCUT2D eigenvalue weighted by atomic mass is 16.1. The molecule has 0 aliphatic heterocycles. The van der Waals surface area contributed by atoms with E-state index in [1.807, 2.05) is 33.2 Å². The van der Waals surface area contributed by atoms with Gasteiger partial charge in [0.25, 0.3) is 5.91 Å². The van der Waals surface area contributed by atoms with Crippen LogP contribution in [-0.4, -0.2) is 61.0 Å². The number of carbonyl (C=O) groups excluding carboxylic acids is 1. The fourth-order valence-corrected chi connectivity index (χ4v) is 2.93. The van der Waals surface area contributed by atoms with Crippen LogP contribution >= 0.6 is 0 Å². The molecule has 2 aromatic rings. The zero-order valence-corrected chi connectivity index (χ0v) is 17.6. The van der Waals surface area contributed by atoms with E-state index in [0.29, 0.717) is 11.6 Å². The Hall–Kier alpha value is -2.67. The van der Waals surface area contributed by atoms with Crippen molar-refractivity contribution in [2.45, 2.75) is 27.2 Å². The van der Waals surface area contributed by atoms with Gasteiger partial charge in [-0.05, 0) is 77.7 Å². The van der Waals surface area contributed by atoms with Gasteiger partial charge in [-0.15, -0.1) is 0 Å². The van der Waals surface area contributed by atoms with Crippen LogP contribution in [0.1, 0.15) is 36.3 Å². The van der Waals surface area contributed by atoms with Crippen molar-refractivity contribution in [2.75, 3.05) is 55.8 Å². The van der Waals surface area contributed by atoms with Gasteiger partial charge in [0.05, 0.1) is 0 Å². The molecule has 0 unspecified atom stereocenters. The van der Waals surface area contributed by atoms with Gasteiger partial charge in [-0.1, -0.05) is 0 Å². The molecule has 7 heteroatoms. The van der Waals surface area contributed by atoms with Gasteiger partial charge in [0.1, 0.15) is 5.69 Å². The van der Waals surface area contributed by atoms with E-state index >= 15 is 0 Å². The first kappa shape index (κ1) is 21.6. The van der Waals surface area contributed by atoms with Crippen molar-refractivity contribution in [2.24, 2.45) is 0 Å². The van der Waals surface area contributed by atoms with Crippen molar-refractivity contribution >= 4 is 23.2 Å². The van der Waals surface area contributed by atoms with E-state index in [4.69, 9.17) is 0 Å². The van der Waals surface area contributed by atoms with Gasteiger partial charge in [0, 0.05) is 37.2 Å². The topological polar surface area (TPSA) is 73.4 Å². The summed E-state index contributed by atoms with van der Waals surface area (Å²) >= 11 is 0. The number of nitrogens with one attached hydrogen (secondary N) is 2. The molecular formula is C21H32N6O. The minimum Gasteiger partial charge on any atom is -0.372 e. The van der Waals surface area contributed by atoms with Gasteiger partial charge in [0.15, 0.2) is 0 Å². The average Bonchev–Trinajstić information content (AvgIpc) is 2.68. The predicted molar refractivity (Wildman–Crippen MR) is 116 cm³/mol. The second-order valence-corrected chi connectivity index (χ2v) is 6.97. The van der Waals surface area contributed by atoms with Crippen LogP contribution in [0, 0.1) is 6.92 Å². The molecule has 1 aromatic heterocycles. The molecular weight excluding hydrogens is 352 g/mol. The maximum Gasteiger partial charge on any atom is 0.274 e. The largest absolute Gasteiger partial charge is 0.372 e. The second-order valence-electron chi connectivity index (χ2n) is 6.97. The van der Waals surface area contributed by atoms with Crippen LogP contribution in [0.5, 0.6) is 0 Å². The van der Waals surface area contributed by atoms with Crippen LogP contribution in [-0.2, 0) is 0 Å². The number of anilines is 3. The van der Waals surface area contributed by atoms with Crippen molar-refractivity contribution in [1.82, 2.24) is 14.9 Å². The molecule has 0 fully saturated rings. The molecule has 1 aromatic carbocycles. The molecule has 0 saturated heterocycles. The van der Waals surface area contributed by atoms with E-state index in [9.17, 15) is 4.79 Å². The number of hydrogen-bond acceptors (Lipinski definition) is 6. The number of aromatic nitrogens is 2. The third-order valence-corrected chi connectivity index (χ3v) is 4.54. The van der Waals surface area contributed by atoms with Crippen molar-refractivity contribution < 1.29 is 4.79 Å². The predicted octanol–water partition coefficient (Wildman–Crippen LogP) is 3.25. The SMILES string of the molecule is CCN(CC)c1ccc(NC(=O)c2ccnc(NCCCN(C)C)n2)c(C)c1. The third-order valence-electron chi connectivity index (χ3n) is 4.54. The van der Waals surface area contributed by atoms with Crippen LogP contribution in [0.25, 0.3) is 0 Å². The minimum absolute atomic E-state index is 0.238. The van der Waals surface area contributed by atoms with Crippen LogP contribution in [0.2, 0.25) is 0 Å². The third kappa shape index (κ3) is 6.20. The van der Waals surface area contributed by atoms with E-state index in [0.717, 1.165) is 49.5 Å². The Morgan fingerprint density at radius 1 is 1.14 bits per heavy atom. The first-order valence-electron chi connectivity index (χ1n) is 9.83. The van der Waals surface area contributed by atoms with E-state index in [1.165, 1.54) is 0 Å². The lowest BCUT2D eigenvalue weighted by atomic mass is 10.1. The second kappa shape index (κ2) is 10.6. The lowest BCUT2D eigenvalue weighted by molar-refractivity contribution is 0.102. The van der Waals surface area contributed by atoms with Crippen molar-refractivity contribution in [3.63, 3.8) is 0 Å². The molecule has 2 N–H and O–H groups in total. The number of carbonyl (C=O) groups is 1. The highest BCUT2D eigenvalue weighted by molar-refractivity contribution is 6.03. The molecule has 2 rings (SSSR count). The van der Waals surface area contributed by atoms with E-state index in [1.54, 1.807) is 12.3 Å². The molecule has 0 bridgehead atoms. The van der Waals surface area contributed by atoms with Gasteiger partial charge >= 0.3 is 0 Å². The number of benzene rings is 1.